The zero-order valence-electron chi connectivity index (χ0n) is 17.3. The Bertz CT molecular complexity index is 901. The fourth-order valence-corrected chi connectivity index (χ4v) is 5.83. The van der Waals surface area contributed by atoms with Crippen LogP contribution < -0.4 is 10.9 Å². The van der Waals surface area contributed by atoms with Crippen molar-refractivity contribution in [3.63, 3.8) is 0 Å². The molecule has 1 atom stereocenters. The van der Waals surface area contributed by atoms with E-state index < -0.39 is 0 Å². The van der Waals surface area contributed by atoms with Crippen LogP contribution >= 0.6 is 23.1 Å². The van der Waals surface area contributed by atoms with Crippen LogP contribution in [-0.4, -0.2) is 27.3 Å². The molecule has 7 heteroatoms. The molecule has 2 heterocycles. The maximum absolute atomic E-state index is 12.9. The highest BCUT2D eigenvalue weighted by molar-refractivity contribution is 7.99. The Labute approximate surface area is 175 Å². The molecule has 1 N–H and O–H groups in total. The van der Waals surface area contributed by atoms with Gasteiger partial charge >= 0.3 is 0 Å². The van der Waals surface area contributed by atoms with E-state index >= 15 is 0 Å². The van der Waals surface area contributed by atoms with Gasteiger partial charge in [-0.05, 0) is 50.5 Å². The monoisotopic (exact) mass is 421 g/mol. The molecular formula is C21H31N3O2S2. The second-order valence-corrected chi connectivity index (χ2v) is 10.3. The summed E-state index contributed by atoms with van der Waals surface area (Å²) in [6.45, 7) is 6.50. The van der Waals surface area contributed by atoms with Crippen LogP contribution in [0.3, 0.4) is 0 Å². The first-order valence-electron chi connectivity index (χ1n) is 10.3. The third-order valence-electron chi connectivity index (χ3n) is 5.31. The minimum atomic E-state index is 0.00173. The molecular weight excluding hydrogens is 390 g/mol. The highest BCUT2D eigenvalue weighted by atomic mass is 32.2. The van der Waals surface area contributed by atoms with Gasteiger partial charge in [0.15, 0.2) is 5.16 Å². The summed E-state index contributed by atoms with van der Waals surface area (Å²) in [5, 5.41) is 4.49. The molecule has 2 aromatic rings. The summed E-state index contributed by atoms with van der Waals surface area (Å²) in [5.74, 6) is 0.983. The number of thiophene rings is 1. The lowest BCUT2D eigenvalue weighted by Gasteiger charge is -2.14. The van der Waals surface area contributed by atoms with Gasteiger partial charge in [-0.25, -0.2) is 4.98 Å². The minimum Gasteiger partial charge on any atom is -0.353 e. The van der Waals surface area contributed by atoms with E-state index in [9.17, 15) is 9.59 Å². The summed E-state index contributed by atoms with van der Waals surface area (Å²) in [5.41, 5.74) is 1.23. The molecule has 3 rings (SSSR count). The van der Waals surface area contributed by atoms with Crippen molar-refractivity contribution in [2.24, 2.45) is 13.0 Å². The van der Waals surface area contributed by atoms with Crippen LogP contribution in [0.1, 0.15) is 63.3 Å². The standard InChI is InChI=1S/C21H31N3O2S2/c1-13(2)8-7-9-14(3)22-17(25)12-27-21-23-19-18(20(26)24(21)4)15-10-5-6-11-16(15)28-19/h13-14H,5-12H2,1-4H3,(H,22,25)/t14-/m1/s1. The van der Waals surface area contributed by atoms with Crippen molar-refractivity contribution in [2.45, 2.75) is 76.9 Å². The smallest absolute Gasteiger partial charge is 0.262 e. The van der Waals surface area contributed by atoms with Gasteiger partial charge in [-0.15, -0.1) is 11.3 Å². The number of nitrogens with one attached hydrogen (secondary N) is 1. The largest absolute Gasteiger partial charge is 0.353 e. The topological polar surface area (TPSA) is 64.0 Å². The summed E-state index contributed by atoms with van der Waals surface area (Å²) >= 11 is 3.00. The van der Waals surface area contributed by atoms with E-state index in [-0.39, 0.29) is 23.3 Å². The van der Waals surface area contributed by atoms with E-state index in [0.29, 0.717) is 11.1 Å². The fraction of sp³-hybridized carbons (Fsp3) is 0.667. The Morgan fingerprint density at radius 1 is 1.25 bits per heavy atom. The zero-order chi connectivity index (χ0) is 20.3. The number of aryl methyl sites for hydroxylation is 2. The highest BCUT2D eigenvalue weighted by Gasteiger charge is 2.21. The first-order chi connectivity index (χ1) is 13.4. The molecule has 1 aliphatic carbocycles. The number of carbonyl (C=O) groups is 1. The summed E-state index contributed by atoms with van der Waals surface area (Å²) < 4.78 is 1.61. The van der Waals surface area contributed by atoms with Crippen molar-refractivity contribution in [3.8, 4) is 0 Å². The first-order valence-corrected chi connectivity index (χ1v) is 12.1. The number of thioether (sulfide) groups is 1. The number of fused-ring (bicyclic) bond motifs is 3. The quantitative estimate of drug-likeness (QED) is 0.510. The maximum Gasteiger partial charge on any atom is 0.262 e. The molecule has 154 valence electrons. The molecule has 0 saturated carbocycles. The minimum absolute atomic E-state index is 0.00173. The molecule has 28 heavy (non-hydrogen) atoms. The third-order valence-corrected chi connectivity index (χ3v) is 7.53. The lowest BCUT2D eigenvalue weighted by atomic mass is 9.97. The number of nitrogens with zero attached hydrogens (tertiary/aromatic N) is 2. The van der Waals surface area contributed by atoms with Gasteiger partial charge in [-0.1, -0.05) is 38.5 Å². The average molecular weight is 422 g/mol. The van der Waals surface area contributed by atoms with E-state index in [0.717, 1.165) is 42.3 Å². The second kappa shape index (κ2) is 9.44. The Balaban J connectivity index is 1.64. The molecule has 1 amide bonds. The molecule has 0 radical (unpaired) electrons. The number of hydrogen-bond donors (Lipinski definition) is 1. The summed E-state index contributed by atoms with van der Waals surface area (Å²) in [7, 11) is 1.76. The van der Waals surface area contributed by atoms with Crippen LogP contribution in [0.25, 0.3) is 10.2 Å². The zero-order valence-corrected chi connectivity index (χ0v) is 19.0. The van der Waals surface area contributed by atoms with E-state index in [1.54, 1.807) is 23.0 Å². The molecule has 1 aliphatic rings. The van der Waals surface area contributed by atoms with Crippen LogP contribution in [0.15, 0.2) is 9.95 Å². The third kappa shape index (κ3) is 4.98. The lowest BCUT2D eigenvalue weighted by molar-refractivity contribution is -0.119. The number of aromatic nitrogens is 2. The number of amides is 1. The van der Waals surface area contributed by atoms with Crippen LogP contribution in [0, 0.1) is 5.92 Å². The second-order valence-electron chi connectivity index (χ2n) is 8.23. The Hall–Kier alpha value is -1.34. The van der Waals surface area contributed by atoms with Crippen molar-refractivity contribution in [3.05, 3.63) is 20.8 Å². The Kier molecular flexibility index (Phi) is 7.20. The van der Waals surface area contributed by atoms with Gasteiger partial charge in [-0.2, -0.15) is 0 Å². The van der Waals surface area contributed by atoms with Gasteiger partial charge in [0.25, 0.3) is 5.56 Å². The Morgan fingerprint density at radius 3 is 2.75 bits per heavy atom. The fourth-order valence-electron chi connectivity index (χ4n) is 3.75. The van der Waals surface area contributed by atoms with E-state index in [4.69, 9.17) is 4.98 Å². The van der Waals surface area contributed by atoms with E-state index in [1.165, 1.54) is 35.0 Å². The number of carbonyl (C=O) groups excluding carboxylic acids is 1. The molecule has 0 unspecified atom stereocenters. The van der Waals surface area contributed by atoms with Gasteiger partial charge in [0.1, 0.15) is 4.83 Å². The van der Waals surface area contributed by atoms with Crippen molar-refractivity contribution < 1.29 is 4.79 Å². The van der Waals surface area contributed by atoms with Crippen molar-refractivity contribution in [1.82, 2.24) is 14.9 Å². The molecule has 0 aromatic carbocycles. The molecule has 0 saturated heterocycles. The molecule has 0 bridgehead atoms. The first kappa shape index (κ1) is 21.4. The maximum atomic E-state index is 12.9. The van der Waals surface area contributed by atoms with Crippen LogP contribution in [-0.2, 0) is 24.7 Å². The molecule has 0 spiro atoms. The average Bonchev–Trinajstić information content (AvgIpc) is 3.01. The normalized spacial score (nSPS) is 15.0. The molecule has 2 aromatic heterocycles. The highest BCUT2D eigenvalue weighted by Crippen LogP contribution is 2.34. The van der Waals surface area contributed by atoms with Gasteiger partial charge in [0.2, 0.25) is 5.91 Å². The number of hydrogen-bond acceptors (Lipinski definition) is 5. The van der Waals surface area contributed by atoms with Crippen LogP contribution in [0.4, 0.5) is 0 Å². The summed E-state index contributed by atoms with van der Waals surface area (Å²) in [4.78, 5) is 32.1. The van der Waals surface area contributed by atoms with Crippen LogP contribution in [0.2, 0.25) is 0 Å². The van der Waals surface area contributed by atoms with Gasteiger partial charge in [-0.3, -0.25) is 14.2 Å². The SMILES string of the molecule is CC(C)CCC[C@@H](C)NC(=O)CSc1nc2sc3c(c2c(=O)n1C)CCCC3. The summed E-state index contributed by atoms with van der Waals surface area (Å²) in [6, 6.07) is 0.176. The van der Waals surface area contributed by atoms with E-state index in [2.05, 4.69) is 26.1 Å². The van der Waals surface area contributed by atoms with Crippen molar-refractivity contribution in [1.29, 1.82) is 0 Å². The van der Waals surface area contributed by atoms with Crippen molar-refractivity contribution in [2.75, 3.05) is 5.75 Å². The molecule has 5 nitrogen and oxygen atoms in total. The summed E-state index contributed by atoms with van der Waals surface area (Å²) in [6.07, 6.45) is 7.69. The van der Waals surface area contributed by atoms with Gasteiger partial charge < -0.3 is 5.32 Å². The van der Waals surface area contributed by atoms with E-state index in [1.807, 2.05) is 0 Å². The predicted octanol–water partition coefficient (Wildman–Crippen LogP) is 4.30. The lowest BCUT2D eigenvalue weighted by Crippen LogP contribution is -2.34. The van der Waals surface area contributed by atoms with Gasteiger partial charge in [0.05, 0.1) is 11.1 Å². The number of rotatable bonds is 8. The molecule has 0 aliphatic heterocycles. The Morgan fingerprint density at radius 2 is 2.00 bits per heavy atom. The van der Waals surface area contributed by atoms with Crippen LogP contribution in [0.5, 0.6) is 0 Å². The molecule has 0 fully saturated rings. The van der Waals surface area contributed by atoms with Crippen molar-refractivity contribution >= 4 is 39.2 Å². The van der Waals surface area contributed by atoms with Gasteiger partial charge in [0, 0.05) is 18.0 Å². The predicted molar refractivity (Wildman–Crippen MR) is 119 cm³/mol.